The van der Waals surface area contributed by atoms with Crippen molar-refractivity contribution in [3.8, 4) is 0 Å². The van der Waals surface area contributed by atoms with E-state index in [1.165, 1.54) is 25.8 Å². The summed E-state index contributed by atoms with van der Waals surface area (Å²) >= 11 is 0. The van der Waals surface area contributed by atoms with Gasteiger partial charge in [0.25, 0.3) is 0 Å². The molecule has 0 bridgehead atoms. The van der Waals surface area contributed by atoms with Crippen molar-refractivity contribution in [2.24, 2.45) is 5.41 Å². The summed E-state index contributed by atoms with van der Waals surface area (Å²) in [5, 5.41) is 0. The quantitative estimate of drug-likeness (QED) is 0.674. The Morgan fingerprint density at radius 3 is 2.36 bits per heavy atom. The summed E-state index contributed by atoms with van der Waals surface area (Å²) in [5.41, 5.74) is 0.521. The zero-order chi connectivity index (χ0) is 10.4. The summed E-state index contributed by atoms with van der Waals surface area (Å²) in [7, 11) is 0. The molecule has 1 aliphatic heterocycles. The lowest BCUT2D eigenvalue weighted by Crippen LogP contribution is -2.38. The van der Waals surface area contributed by atoms with Crippen LogP contribution >= 0.6 is 0 Å². The summed E-state index contributed by atoms with van der Waals surface area (Å²) < 4.78 is 5.34. The molecule has 1 saturated heterocycles. The van der Waals surface area contributed by atoms with E-state index in [1.54, 1.807) is 0 Å². The Morgan fingerprint density at radius 1 is 1.14 bits per heavy atom. The third-order valence-electron chi connectivity index (χ3n) is 3.14. The molecule has 1 aliphatic rings. The molecule has 0 radical (unpaired) electrons. The lowest BCUT2D eigenvalue weighted by atomic mass is 9.84. The van der Waals surface area contributed by atoms with Crippen LogP contribution in [0.3, 0.4) is 0 Å². The number of morpholine rings is 1. The molecule has 2 heteroatoms. The molecule has 0 aromatic carbocycles. The van der Waals surface area contributed by atoms with Gasteiger partial charge in [-0.3, -0.25) is 4.90 Å². The Hall–Kier alpha value is -0.0800. The second-order valence-electron chi connectivity index (χ2n) is 5.12. The van der Waals surface area contributed by atoms with Gasteiger partial charge in [-0.05, 0) is 24.8 Å². The van der Waals surface area contributed by atoms with E-state index >= 15 is 0 Å². The van der Waals surface area contributed by atoms with Crippen molar-refractivity contribution < 1.29 is 4.74 Å². The van der Waals surface area contributed by atoms with Gasteiger partial charge in [0.05, 0.1) is 13.2 Å². The first-order chi connectivity index (χ1) is 6.64. The summed E-state index contributed by atoms with van der Waals surface area (Å²) in [6.45, 7) is 12.4. The van der Waals surface area contributed by atoms with Crippen molar-refractivity contribution in [2.75, 3.05) is 32.8 Å². The van der Waals surface area contributed by atoms with Crippen LogP contribution in [0.1, 0.15) is 40.0 Å². The topological polar surface area (TPSA) is 12.5 Å². The molecule has 0 aromatic heterocycles. The maximum absolute atomic E-state index is 5.34. The average Bonchev–Trinajstić information content (AvgIpc) is 2.17. The summed E-state index contributed by atoms with van der Waals surface area (Å²) in [4.78, 5) is 2.53. The zero-order valence-electron chi connectivity index (χ0n) is 10.0. The van der Waals surface area contributed by atoms with Gasteiger partial charge in [0.15, 0.2) is 0 Å². The van der Waals surface area contributed by atoms with Gasteiger partial charge in [0, 0.05) is 13.1 Å². The first-order valence-corrected chi connectivity index (χ1v) is 5.94. The van der Waals surface area contributed by atoms with Gasteiger partial charge in [-0.25, -0.2) is 0 Å². The third kappa shape index (κ3) is 4.43. The molecular formula is C12H25NO. The minimum atomic E-state index is 0.521. The molecule has 1 fully saturated rings. The van der Waals surface area contributed by atoms with Gasteiger partial charge < -0.3 is 4.74 Å². The summed E-state index contributed by atoms with van der Waals surface area (Å²) in [5.74, 6) is 0. The Labute approximate surface area is 88.6 Å². The van der Waals surface area contributed by atoms with Crippen LogP contribution < -0.4 is 0 Å². The van der Waals surface area contributed by atoms with Crippen LogP contribution in [0, 0.1) is 5.41 Å². The lowest BCUT2D eigenvalue weighted by molar-refractivity contribution is 0.0322. The van der Waals surface area contributed by atoms with E-state index in [9.17, 15) is 0 Å². The molecule has 0 aromatic rings. The van der Waals surface area contributed by atoms with Gasteiger partial charge in [-0.1, -0.05) is 27.2 Å². The van der Waals surface area contributed by atoms with E-state index in [1.807, 2.05) is 0 Å². The molecule has 0 aliphatic carbocycles. The standard InChI is InChI=1S/C12H25NO/c1-4-5-12(2,3)6-7-13-8-10-14-11-9-13/h4-11H2,1-3H3. The minimum Gasteiger partial charge on any atom is -0.379 e. The normalized spacial score (nSPS) is 19.9. The Balaban J connectivity index is 2.17. The van der Waals surface area contributed by atoms with E-state index in [2.05, 4.69) is 25.7 Å². The largest absolute Gasteiger partial charge is 0.379 e. The van der Waals surface area contributed by atoms with Crippen molar-refractivity contribution in [2.45, 2.75) is 40.0 Å². The van der Waals surface area contributed by atoms with Crippen molar-refractivity contribution >= 4 is 0 Å². The molecule has 0 unspecified atom stereocenters. The summed E-state index contributed by atoms with van der Waals surface area (Å²) in [6, 6.07) is 0. The monoisotopic (exact) mass is 199 g/mol. The number of hydrogen-bond donors (Lipinski definition) is 0. The van der Waals surface area contributed by atoms with Crippen LogP contribution in [0.2, 0.25) is 0 Å². The molecule has 0 amide bonds. The van der Waals surface area contributed by atoms with Crippen molar-refractivity contribution in [3.63, 3.8) is 0 Å². The average molecular weight is 199 g/mol. The van der Waals surface area contributed by atoms with Crippen LogP contribution in [0.4, 0.5) is 0 Å². The second-order valence-corrected chi connectivity index (χ2v) is 5.12. The Morgan fingerprint density at radius 2 is 1.79 bits per heavy atom. The maximum Gasteiger partial charge on any atom is 0.0594 e. The summed E-state index contributed by atoms with van der Waals surface area (Å²) in [6.07, 6.45) is 3.97. The maximum atomic E-state index is 5.34. The number of nitrogens with zero attached hydrogens (tertiary/aromatic N) is 1. The first-order valence-electron chi connectivity index (χ1n) is 5.94. The van der Waals surface area contributed by atoms with Gasteiger partial charge in [0.1, 0.15) is 0 Å². The number of hydrogen-bond acceptors (Lipinski definition) is 2. The van der Waals surface area contributed by atoms with Gasteiger partial charge >= 0.3 is 0 Å². The predicted molar refractivity (Wildman–Crippen MR) is 60.6 cm³/mol. The van der Waals surface area contributed by atoms with Crippen molar-refractivity contribution in [1.82, 2.24) is 4.90 Å². The van der Waals surface area contributed by atoms with Crippen molar-refractivity contribution in [1.29, 1.82) is 0 Å². The fraction of sp³-hybridized carbons (Fsp3) is 1.00. The third-order valence-corrected chi connectivity index (χ3v) is 3.14. The molecule has 0 N–H and O–H groups in total. The van der Waals surface area contributed by atoms with E-state index < -0.39 is 0 Å². The van der Waals surface area contributed by atoms with Crippen LogP contribution in [0.15, 0.2) is 0 Å². The van der Waals surface area contributed by atoms with Crippen LogP contribution in [0.5, 0.6) is 0 Å². The number of ether oxygens (including phenoxy) is 1. The smallest absolute Gasteiger partial charge is 0.0594 e. The molecule has 84 valence electrons. The number of rotatable bonds is 5. The molecule has 0 saturated carbocycles. The van der Waals surface area contributed by atoms with Gasteiger partial charge in [0.2, 0.25) is 0 Å². The van der Waals surface area contributed by atoms with E-state index in [4.69, 9.17) is 4.74 Å². The lowest BCUT2D eigenvalue weighted by Gasteiger charge is -2.31. The highest BCUT2D eigenvalue weighted by atomic mass is 16.5. The first kappa shape index (κ1) is 12.0. The molecule has 0 spiro atoms. The van der Waals surface area contributed by atoms with E-state index in [0.717, 1.165) is 26.3 Å². The van der Waals surface area contributed by atoms with Crippen LogP contribution in [-0.2, 0) is 4.74 Å². The van der Waals surface area contributed by atoms with Crippen LogP contribution in [0.25, 0.3) is 0 Å². The molecule has 1 rings (SSSR count). The Bertz CT molecular complexity index is 150. The molecule has 14 heavy (non-hydrogen) atoms. The van der Waals surface area contributed by atoms with Crippen LogP contribution in [-0.4, -0.2) is 37.7 Å². The molecule has 2 nitrogen and oxygen atoms in total. The Kier molecular flexibility index (Phi) is 4.90. The minimum absolute atomic E-state index is 0.521. The molecule has 1 heterocycles. The van der Waals surface area contributed by atoms with Gasteiger partial charge in [-0.2, -0.15) is 0 Å². The van der Waals surface area contributed by atoms with E-state index in [0.29, 0.717) is 5.41 Å². The zero-order valence-corrected chi connectivity index (χ0v) is 10.0. The SMILES string of the molecule is CCCC(C)(C)CCN1CCOCC1. The van der Waals surface area contributed by atoms with E-state index in [-0.39, 0.29) is 0 Å². The highest BCUT2D eigenvalue weighted by Gasteiger charge is 2.18. The second kappa shape index (κ2) is 5.72. The van der Waals surface area contributed by atoms with Gasteiger partial charge in [-0.15, -0.1) is 0 Å². The molecular weight excluding hydrogens is 174 g/mol. The molecule has 0 atom stereocenters. The fourth-order valence-corrected chi connectivity index (χ4v) is 2.09. The fourth-order valence-electron chi connectivity index (χ4n) is 2.09. The van der Waals surface area contributed by atoms with Crippen molar-refractivity contribution in [3.05, 3.63) is 0 Å². The highest BCUT2D eigenvalue weighted by molar-refractivity contribution is 4.71. The highest BCUT2D eigenvalue weighted by Crippen LogP contribution is 2.26. The predicted octanol–water partition coefficient (Wildman–Crippen LogP) is 2.54.